The summed E-state index contributed by atoms with van der Waals surface area (Å²) in [4.78, 5) is 32.9. The van der Waals surface area contributed by atoms with Gasteiger partial charge < -0.3 is 21.5 Å². The molecule has 108 valence electrons. The molecule has 0 aromatic heterocycles. The summed E-state index contributed by atoms with van der Waals surface area (Å²) in [5.41, 5.74) is 6.18. The monoisotopic (exact) mass is 279 g/mol. The molecule has 7 heteroatoms. The molecule has 5 N–H and O–H groups in total. The first-order chi connectivity index (χ1) is 9.40. The molecule has 7 nitrogen and oxygen atoms in total. The summed E-state index contributed by atoms with van der Waals surface area (Å²) in [6, 6.07) is 5.95. The van der Waals surface area contributed by atoms with Crippen LogP contribution in [0.5, 0.6) is 0 Å². The number of carbonyl (C=O) groups is 3. The Kier molecular flexibility index (Phi) is 5.52. The Hall–Kier alpha value is -2.57. The van der Waals surface area contributed by atoms with Crippen molar-refractivity contribution in [2.24, 2.45) is 11.7 Å². The number of aliphatic carboxylic acids is 1. The van der Waals surface area contributed by atoms with Crippen LogP contribution in [0.4, 0.5) is 4.79 Å². The van der Waals surface area contributed by atoms with Crippen LogP contribution in [0.25, 0.3) is 0 Å². The Morgan fingerprint density at radius 2 is 1.80 bits per heavy atom. The highest BCUT2D eigenvalue weighted by molar-refractivity contribution is 5.94. The molecule has 1 unspecified atom stereocenters. The average Bonchev–Trinajstić information content (AvgIpc) is 2.42. The van der Waals surface area contributed by atoms with Gasteiger partial charge in [0.2, 0.25) is 0 Å². The summed E-state index contributed by atoms with van der Waals surface area (Å²) in [5, 5.41) is 13.7. The number of primary amides is 1. The number of carboxylic acid groups (broad SMARTS) is 1. The molecular weight excluding hydrogens is 262 g/mol. The maximum Gasteiger partial charge on any atom is 0.312 e. The van der Waals surface area contributed by atoms with Crippen LogP contribution in [-0.4, -0.2) is 29.6 Å². The highest BCUT2D eigenvalue weighted by atomic mass is 16.4. The van der Waals surface area contributed by atoms with Crippen LogP contribution in [0.3, 0.4) is 0 Å². The predicted molar refractivity (Wildman–Crippen MR) is 72.0 cm³/mol. The van der Waals surface area contributed by atoms with Gasteiger partial charge in [-0.25, -0.2) is 4.79 Å². The van der Waals surface area contributed by atoms with Gasteiger partial charge in [-0.3, -0.25) is 9.59 Å². The highest BCUT2D eigenvalue weighted by Crippen LogP contribution is 2.04. The molecule has 1 rings (SSSR count). The maximum absolute atomic E-state index is 11.8. The van der Waals surface area contributed by atoms with Crippen molar-refractivity contribution in [3.05, 3.63) is 35.4 Å². The molecule has 1 aromatic rings. The zero-order chi connectivity index (χ0) is 15.1. The fourth-order valence-corrected chi connectivity index (χ4v) is 1.40. The summed E-state index contributed by atoms with van der Waals surface area (Å²) in [5.74, 6) is -1.94. The first-order valence-corrected chi connectivity index (χ1v) is 6.03. The first-order valence-electron chi connectivity index (χ1n) is 6.03. The summed E-state index contributed by atoms with van der Waals surface area (Å²) in [7, 11) is 0. The molecule has 0 heterocycles. The van der Waals surface area contributed by atoms with Crippen molar-refractivity contribution in [1.29, 1.82) is 0 Å². The molecule has 1 aromatic carbocycles. The van der Waals surface area contributed by atoms with Crippen molar-refractivity contribution in [1.82, 2.24) is 10.6 Å². The van der Waals surface area contributed by atoms with E-state index in [1.54, 1.807) is 24.3 Å². The van der Waals surface area contributed by atoms with E-state index in [1.807, 2.05) is 0 Å². The van der Waals surface area contributed by atoms with E-state index in [4.69, 9.17) is 10.8 Å². The van der Waals surface area contributed by atoms with Gasteiger partial charge in [-0.1, -0.05) is 19.1 Å². The second-order valence-corrected chi connectivity index (χ2v) is 4.36. The molecule has 0 aliphatic rings. The van der Waals surface area contributed by atoms with Crippen LogP contribution in [0.15, 0.2) is 24.3 Å². The number of nitrogens with two attached hydrogens (primary N) is 1. The SMILES string of the molecule is CC(CNC(=O)c1ccc(CNC(N)=O)cc1)C(=O)O. The lowest BCUT2D eigenvalue weighted by Gasteiger charge is -2.09. The van der Waals surface area contributed by atoms with Crippen molar-refractivity contribution < 1.29 is 19.5 Å². The third-order valence-electron chi connectivity index (χ3n) is 2.67. The van der Waals surface area contributed by atoms with Crippen LogP contribution in [0, 0.1) is 5.92 Å². The fourth-order valence-electron chi connectivity index (χ4n) is 1.40. The summed E-state index contributed by atoms with van der Waals surface area (Å²) >= 11 is 0. The van der Waals surface area contributed by atoms with Crippen LogP contribution in [-0.2, 0) is 11.3 Å². The summed E-state index contributed by atoms with van der Waals surface area (Å²) in [6.07, 6.45) is 0. The van der Waals surface area contributed by atoms with E-state index >= 15 is 0 Å². The molecule has 0 fully saturated rings. The molecule has 0 saturated carbocycles. The topological polar surface area (TPSA) is 122 Å². The van der Waals surface area contributed by atoms with Crippen molar-refractivity contribution in [2.45, 2.75) is 13.5 Å². The Bertz CT molecular complexity index is 499. The number of carbonyl (C=O) groups excluding carboxylic acids is 2. The van der Waals surface area contributed by atoms with E-state index in [0.29, 0.717) is 5.56 Å². The fraction of sp³-hybridized carbons (Fsp3) is 0.308. The van der Waals surface area contributed by atoms with Crippen LogP contribution in [0.2, 0.25) is 0 Å². The molecule has 20 heavy (non-hydrogen) atoms. The van der Waals surface area contributed by atoms with Gasteiger partial charge in [0.1, 0.15) is 0 Å². The van der Waals surface area contributed by atoms with E-state index < -0.39 is 17.9 Å². The minimum absolute atomic E-state index is 0.0686. The van der Waals surface area contributed by atoms with Crippen molar-refractivity contribution in [2.75, 3.05) is 6.54 Å². The molecule has 0 bridgehead atoms. The molecule has 3 amide bonds. The third-order valence-corrected chi connectivity index (χ3v) is 2.67. The average molecular weight is 279 g/mol. The maximum atomic E-state index is 11.8. The van der Waals surface area contributed by atoms with Crippen molar-refractivity contribution in [3.63, 3.8) is 0 Å². The number of hydrogen-bond donors (Lipinski definition) is 4. The Morgan fingerprint density at radius 3 is 2.30 bits per heavy atom. The minimum Gasteiger partial charge on any atom is -0.481 e. The smallest absolute Gasteiger partial charge is 0.312 e. The zero-order valence-corrected chi connectivity index (χ0v) is 11.1. The predicted octanol–water partition coefficient (Wildman–Crippen LogP) is 0.305. The van der Waals surface area contributed by atoms with Crippen molar-refractivity contribution in [3.8, 4) is 0 Å². The molecule has 0 spiro atoms. The van der Waals surface area contributed by atoms with Crippen molar-refractivity contribution >= 4 is 17.9 Å². The van der Waals surface area contributed by atoms with E-state index in [0.717, 1.165) is 5.56 Å². The van der Waals surface area contributed by atoms with E-state index in [-0.39, 0.29) is 19.0 Å². The normalized spacial score (nSPS) is 11.4. The lowest BCUT2D eigenvalue weighted by atomic mass is 10.1. The van der Waals surface area contributed by atoms with Crippen LogP contribution < -0.4 is 16.4 Å². The van der Waals surface area contributed by atoms with Gasteiger partial charge in [0.25, 0.3) is 5.91 Å². The largest absolute Gasteiger partial charge is 0.481 e. The quantitative estimate of drug-likeness (QED) is 0.598. The minimum atomic E-state index is -0.960. The Morgan fingerprint density at radius 1 is 1.20 bits per heavy atom. The van der Waals surface area contributed by atoms with Crippen LogP contribution in [0.1, 0.15) is 22.8 Å². The number of nitrogens with one attached hydrogen (secondary N) is 2. The van der Waals surface area contributed by atoms with Gasteiger partial charge >= 0.3 is 12.0 Å². The Balaban J connectivity index is 2.53. The Labute approximate surface area is 116 Å². The molecule has 0 aliphatic heterocycles. The highest BCUT2D eigenvalue weighted by Gasteiger charge is 2.13. The first kappa shape index (κ1) is 15.5. The van der Waals surface area contributed by atoms with Crippen LogP contribution >= 0.6 is 0 Å². The van der Waals surface area contributed by atoms with Gasteiger partial charge in [-0.15, -0.1) is 0 Å². The van der Waals surface area contributed by atoms with Gasteiger partial charge in [0.05, 0.1) is 5.92 Å². The third kappa shape index (κ3) is 4.97. The molecule has 0 saturated heterocycles. The van der Waals surface area contributed by atoms with Gasteiger partial charge in [0, 0.05) is 18.7 Å². The number of amides is 3. The summed E-state index contributed by atoms with van der Waals surface area (Å²) in [6.45, 7) is 1.87. The van der Waals surface area contributed by atoms with E-state index in [2.05, 4.69) is 10.6 Å². The van der Waals surface area contributed by atoms with Gasteiger partial charge in [0.15, 0.2) is 0 Å². The van der Waals surface area contributed by atoms with Gasteiger partial charge in [-0.05, 0) is 17.7 Å². The molecule has 0 radical (unpaired) electrons. The summed E-state index contributed by atoms with van der Waals surface area (Å²) < 4.78 is 0. The molecule has 1 atom stereocenters. The second-order valence-electron chi connectivity index (χ2n) is 4.36. The number of rotatable bonds is 6. The lowest BCUT2D eigenvalue weighted by Crippen LogP contribution is -2.31. The second kappa shape index (κ2) is 7.13. The zero-order valence-electron chi connectivity index (χ0n) is 11.1. The number of benzene rings is 1. The van der Waals surface area contributed by atoms with E-state index in [1.165, 1.54) is 6.92 Å². The van der Waals surface area contributed by atoms with E-state index in [9.17, 15) is 14.4 Å². The molecule has 0 aliphatic carbocycles. The lowest BCUT2D eigenvalue weighted by molar-refractivity contribution is -0.140. The molecular formula is C13H17N3O4. The number of urea groups is 1. The number of hydrogen-bond acceptors (Lipinski definition) is 3. The standard InChI is InChI=1S/C13H17N3O4/c1-8(12(18)19)6-15-11(17)10-4-2-9(3-5-10)7-16-13(14)20/h2-5,8H,6-7H2,1H3,(H,15,17)(H,18,19)(H3,14,16,20). The van der Waals surface area contributed by atoms with Gasteiger partial charge in [-0.2, -0.15) is 0 Å². The number of carboxylic acids is 1.